The van der Waals surface area contributed by atoms with Crippen LogP contribution >= 0.6 is 0 Å². The number of fused-ring (bicyclic) bond motifs is 2. The number of pyridine rings is 1. The zero-order valence-electron chi connectivity index (χ0n) is 18.7. The van der Waals surface area contributed by atoms with Crippen molar-refractivity contribution in [3.05, 3.63) is 53.9 Å². The molecule has 0 bridgehead atoms. The van der Waals surface area contributed by atoms with Gasteiger partial charge in [-0.1, -0.05) is 0 Å². The molecule has 1 amide bonds. The number of halogens is 1. The van der Waals surface area contributed by atoms with Gasteiger partial charge in [-0.3, -0.25) is 9.48 Å². The number of imidazole rings is 1. The Kier molecular flexibility index (Phi) is 4.62. The Balaban J connectivity index is 0.00000144. The molecule has 1 aromatic carbocycles. The standard InChI is InChI=1S/C24H26FN7O.2H2/c1-14-9-32-12-17(7-20(25)23(32)27-14)28-24(33)18-5-6-21(19-13-30(2)29-22(18)19)31-10-15(11-31)8-26-16-3-4-16;;/h5-7,9,12-13,15-16,26H,3-4,8,10-11H2,1-2H3,(H,28,33);2*1H. The highest BCUT2D eigenvalue weighted by Crippen LogP contribution is 2.33. The van der Waals surface area contributed by atoms with Crippen LogP contribution < -0.4 is 15.5 Å². The normalized spacial score (nSPS) is 16.5. The van der Waals surface area contributed by atoms with Gasteiger partial charge in [-0.05, 0) is 31.9 Å². The SMILES string of the molecule is Cc1cn2cc(NC(=O)c3ccc(N4CC(CNC5CC5)C4)c4cn(C)nc34)cc(F)c2n1.[HH].[HH]. The van der Waals surface area contributed by atoms with Crippen LogP contribution in [-0.4, -0.2) is 50.7 Å². The van der Waals surface area contributed by atoms with Crippen LogP contribution in [-0.2, 0) is 7.05 Å². The number of nitrogens with one attached hydrogen (secondary N) is 2. The van der Waals surface area contributed by atoms with Crippen LogP contribution in [0, 0.1) is 18.7 Å². The Hall–Kier alpha value is -3.46. The third kappa shape index (κ3) is 3.72. The van der Waals surface area contributed by atoms with E-state index in [2.05, 4.69) is 25.6 Å². The first-order chi connectivity index (χ1) is 15.9. The van der Waals surface area contributed by atoms with E-state index >= 15 is 0 Å². The summed E-state index contributed by atoms with van der Waals surface area (Å²) in [4.78, 5) is 19.6. The van der Waals surface area contributed by atoms with Gasteiger partial charge in [0, 0.05) is 77.2 Å². The minimum absolute atomic E-state index is 0. The molecule has 4 heterocycles. The second kappa shape index (κ2) is 7.55. The molecule has 4 aromatic rings. The number of carbonyl (C=O) groups excluding carboxylic acids is 1. The maximum absolute atomic E-state index is 14.4. The molecule has 0 atom stereocenters. The smallest absolute Gasteiger partial charge is 0.257 e. The third-order valence-corrected chi connectivity index (χ3v) is 6.47. The molecule has 1 saturated heterocycles. The Morgan fingerprint density at radius 3 is 2.85 bits per heavy atom. The van der Waals surface area contributed by atoms with E-state index in [4.69, 9.17) is 0 Å². The Labute approximate surface area is 193 Å². The molecule has 1 aliphatic heterocycles. The van der Waals surface area contributed by atoms with E-state index in [9.17, 15) is 9.18 Å². The number of hydrogen-bond acceptors (Lipinski definition) is 5. The van der Waals surface area contributed by atoms with Crippen molar-refractivity contribution in [1.82, 2.24) is 24.5 Å². The number of benzene rings is 1. The highest BCUT2D eigenvalue weighted by atomic mass is 19.1. The second-order valence-corrected chi connectivity index (χ2v) is 9.29. The molecule has 0 radical (unpaired) electrons. The molecule has 0 unspecified atom stereocenters. The minimum Gasteiger partial charge on any atom is -0.370 e. The highest BCUT2D eigenvalue weighted by molar-refractivity contribution is 6.14. The van der Waals surface area contributed by atoms with E-state index in [1.807, 2.05) is 25.4 Å². The number of rotatable bonds is 6. The van der Waals surface area contributed by atoms with Crippen LogP contribution in [0.2, 0.25) is 0 Å². The van der Waals surface area contributed by atoms with Crippen molar-refractivity contribution < 1.29 is 12.0 Å². The fourth-order valence-electron chi connectivity index (χ4n) is 4.63. The predicted octanol–water partition coefficient (Wildman–Crippen LogP) is 3.60. The molecule has 3 aromatic heterocycles. The Morgan fingerprint density at radius 1 is 1.24 bits per heavy atom. The van der Waals surface area contributed by atoms with E-state index in [0.29, 0.717) is 28.4 Å². The number of carbonyl (C=O) groups is 1. The minimum atomic E-state index is -0.484. The fourth-order valence-corrected chi connectivity index (χ4v) is 4.63. The lowest BCUT2D eigenvalue weighted by molar-refractivity contribution is 0.102. The molecular formula is C24H30FN7O. The molecule has 33 heavy (non-hydrogen) atoms. The maximum atomic E-state index is 14.4. The molecular weight excluding hydrogens is 421 g/mol. The molecule has 1 saturated carbocycles. The van der Waals surface area contributed by atoms with Gasteiger partial charge in [0.15, 0.2) is 11.5 Å². The molecule has 9 heteroatoms. The number of aromatic nitrogens is 4. The third-order valence-electron chi connectivity index (χ3n) is 6.47. The lowest BCUT2D eigenvalue weighted by Gasteiger charge is -2.41. The van der Waals surface area contributed by atoms with Gasteiger partial charge in [0.25, 0.3) is 5.91 Å². The summed E-state index contributed by atoms with van der Waals surface area (Å²) >= 11 is 0. The summed E-state index contributed by atoms with van der Waals surface area (Å²) in [5.41, 5.74) is 3.51. The van der Waals surface area contributed by atoms with Gasteiger partial charge in [0.2, 0.25) is 0 Å². The van der Waals surface area contributed by atoms with Crippen molar-refractivity contribution in [1.29, 1.82) is 0 Å². The molecule has 8 nitrogen and oxygen atoms in total. The van der Waals surface area contributed by atoms with Gasteiger partial charge >= 0.3 is 0 Å². The topological polar surface area (TPSA) is 79.5 Å². The second-order valence-electron chi connectivity index (χ2n) is 9.29. The average Bonchev–Trinajstić information content (AvgIpc) is 3.35. The van der Waals surface area contributed by atoms with Crippen LogP contribution in [0.4, 0.5) is 15.8 Å². The zero-order valence-corrected chi connectivity index (χ0v) is 18.7. The first-order valence-corrected chi connectivity index (χ1v) is 11.4. The monoisotopic (exact) mass is 451 g/mol. The lowest BCUT2D eigenvalue weighted by Crippen LogP contribution is -2.51. The van der Waals surface area contributed by atoms with Gasteiger partial charge in [-0.25, -0.2) is 9.37 Å². The van der Waals surface area contributed by atoms with Gasteiger partial charge in [-0.2, -0.15) is 5.10 Å². The van der Waals surface area contributed by atoms with Gasteiger partial charge in [0.05, 0.1) is 16.9 Å². The van der Waals surface area contributed by atoms with Crippen LogP contribution in [0.25, 0.3) is 16.6 Å². The summed E-state index contributed by atoms with van der Waals surface area (Å²) in [5, 5.41) is 11.9. The molecule has 2 aliphatic rings. The molecule has 0 spiro atoms. The summed E-state index contributed by atoms with van der Waals surface area (Å²) < 4.78 is 17.7. The largest absolute Gasteiger partial charge is 0.370 e. The molecule has 2 N–H and O–H groups in total. The quantitative estimate of drug-likeness (QED) is 0.468. The highest BCUT2D eigenvalue weighted by Gasteiger charge is 2.31. The van der Waals surface area contributed by atoms with Crippen molar-refractivity contribution in [2.45, 2.75) is 25.8 Å². The van der Waals surface area contributed by atoms with Gasteiger partial charge in [-0.15, -0.1) is 0 Å². The van der Waals surface area contributed by atoms with Gasteiger partial charge in [0.1, 0.15) is 5.52 Å². The van der Waals surface area contributed by atoms with E-state index < -0.39 is 5.82 Å². The van der Waals surface area contributed by atoms with Crippen molar-refractivity contribution in [2.24, 2.45) is 13.0 Å². The number of anilines is 2. The average molecular weight is 452 g/mol. The lowest BCUT2D eigenvalue weighted by atomic mass is 9.97. The summed E-state index contributed by atoms with van der Waals surface area (Å²) in [6, 6.07) is 5.83. The van der Waals surface area contributed by atoms with Gasteiger partial charge < -0.3 is 19.9 Å². The van der Waals surface area contributed by atoms with Crippen molar-refractivity contribution in [2.75, 3.05) is 29.9 Å². The summed E-state index contributed by atoms with van der Waals surface area (Å²) in [7, 11) is 1.86. The van der Waals surface area contributed by atoms with Crippen LogP contribution in [0.3, 0.4) is 0 Å². The summed E-state index contributed by atoms with van der Waals surface area (Å²) in [6.07, 6.45) is 7.95. The predicted molar refractivity (Wildman–Crippen MR) is 130 cm³/mol. The fraction of sp³-hybridized carbons (Fsp3) is 0.375. The maximum Gasteiger partial charge on any atom is 0.257 e. The van der Waals surface area contributed by atoms with Crippen molar-refractivity contribution in [3.63, 3.8) is 0 Å². The first kappa shape index (κ1) is 20.2. The number of hydrogen-bond donors (Lipinski definition) is 2. The number of aryl methyl sites for hydroxylation is 2. The number of nitrogens with zero attached hydrogens (tertiary/aromatic N) is 5. The first-order valence-electron chi connectivity index (χ1n) is 11.4. The summed E-state index contributed by atoms with van der Waals surface area (Å²) in [5.74, 6) is -0.157. The van der Waals surface area contributed by atoms with Crippen LogP contribution in [0.15, 0.2) is 36.8 Å². The van der Waals surface area contributed by atoms with E-state index in [1.165, 1.54) is 18.9 Å². The molecule has 2 fully saturated rings. The molecule has 6 rings (SSSR count). The Morgan fingerprint density at radius 2 is 2.06 bits per heavy atom. The molecule has 1 aliphatic carbocycles. The van der Waals surface area contributed by atoms with Crippen LogP contribution in [0.1, 0.15) is 31.7 Å². The van der Waals surface area contributed by atoms with Crippen molar-refractivity contribution in [3.8, 4) is 0 Å². The number of amides is 1. The van der Waals surface area contributed by atoms with Crippen molar-refractivity contribution >= 4 is 33.8 Å². The summed E-state index contributed by atoms with van der Waals surface area (Å²) in [6.45, 7) is 4.86. The molecule has 174 valence electrons. The Bertz CT molecular complexity index is 1390. The van der Waals surface area contributed by atoms with E-state index in [1.54, 1.807) is 28.4 Å². The van der Waals surface area contributed by atoms with Crippen LogP contribution in [0.5, 0.6) is 0 Å². The van der Waals surface area contributed by atoms with E-state index in [-0.39, 0.29) is 14.4 Å². The van der Waals surface area contributed by atoms with E-state index in [0.717, 1.165) is 36.7 Å². The zero-order chi connectivity index (χ0) is 22.7.